The van der Waals surface area contributed by atoms with E-state index >= 15 is 0 Å². The van der Waals surface area contributed by atoms with Crippen LogP contribution in [-0.2, 0) is 0 Å². The summed E-state index contributed by atoms with van der Waals surface area (Å²) in [6, 6.07) is 8.87. The van der Waals surface area contributed by atoms with Crippen LogP contribution in [0.25, 0.3) is 0 Å². The maximum Gasteiger partial charge on any atom is 0.0973 e. The molecule has 1 aromatic carbocycles. The molecule has 0 spiro atoms. The molecular formula is C14H12BrCl2NO. The third-order valence-corrected chi connectivity index (χ3v) is 4.46. The van der Waals surface area contributed by atoms with E-state index in [-0.39, 0.29) is 4.83 Å². The lowest BCUT2D eigenvalue weighted by molar-refractivity contribution is 0.176. The van der Waals surface area contributed by atoms with Crippen molar-refractivity contribution in [3.63, 3.8) is 0 Å². The van der Waals surface area contributed by atoms with Crippen LogP contribution in [0.4, 0.5) is 0 Å². The summed E-state index contributed by atoms with van der Waals surface area (Å²) < 4.78 is 0. The molecule has 0 aliphatic heterocycles. The van der Waals surface area contributed by atoms with E-state index in [1.807, 2.05) is 13.0 Å². The van der Waals surface area contributed by atoms with Crippen LogP contribution in [0.1, 0.15) is 27.8 Å². The van der Waals surface area contributed by atoms with Crippen molar-refractivity contribution in [3.05, 3.63) is 63.4 Å². The summed E-state index contributed by atoms with van der Waals surface area (Å²) in [5.74, 6) is 0. The molecule has 2 atom stereocenters. The molecule has 1 aromatic heterocycles. The second kappa shape index (κ2) is 6.23. The number of benzene rings is 1. The highest BCUT2D eigenvalue weighted by molar-refractivity contribution is 9.09. The first-order valence-electron chi connectivity index (χ1n) is 5.69. The number of hydrogen-bond acceptors (Lipinski definition) is 2. The van der Waals surface area contributed by atoms with Crippen LogP contribution in [0.2, 0.25) is 10.0 Å². The van der Waals surface area contributed by atoms with Crippen LogP contribution < -0.4 is 0 Å². The Balaban J connectivity index is 2.33. The van der Waals surface area contributed by atoms with Gasteiger partial charge in [0.05, 0.1) is 10.9 Å². The van der Waals surface area contributed by atoms with E-state index in [2.05, 4.69) is 20.9 Å². The summed E-state index contributed by atoms with van der Waals surface area (Å²) in [7, 11) is 0. The fraction of sp³-hybridized carbons (Fsp3) is 0.214. The number of aryl methyl sites for hydroxylation is 1. The molecule has 1 N–H and O–H groups in total. The fourth-order valence-electron chi connectivity index (χ4n) is 1.86. The van der Waals surface area contributed by atoms with Gasteiger partial charge in [-0.25, -0.2) is 0 Å². The smallest absolute Gasteiger partial charge is 0.0973 e. The summed E-state index contributed by atoms with van der Waals surface area (Å²) in [6.07, 6.45) is 0.969. The van der Waals surface area contributed by atoms with Gasteiger partial charge in [0.2, 0.25) is 0 Å². The van der Waals surface area contributed by atoms with E-state index in [0.717, 1.165) is 16.8 Å². The molecule has 0 radical (unpaired) electrons. The van der Waals surface area contributed by atoms with Crippen molar-refractivity contribution in [1.82, 2.24) is 4.98 Å². The third-order valence-electron chi connectivity index (χ3n) is 2.90. The van der Waals surface area contributed by atoms with Crippen molar-refractivity contribution < 1.29 is 5.11 Å². The average molecular weight is 361 g/mol. The topological polar surface area (TPSA) is 33.1 Å². The number of halogens is 3. The Hall–Kier alpha value is -0.610. The van der Waals surface area contributed by atoms with E-state index in [1.54, 1.807) is 30.5 Å². The van der Waals surface area contributed by atoms with Gasteiger partial charge in [-0.3, -0.25) is 4.98 Å². The lowest BCUT2D eigenvalue weighted by Gasteiger charge is -2.20. The van der Waals surface area contributed by atoms with Crippen LogP contribution >= 0.6 is 39.1 Å². The van der Waals surface area contributed by atoms with Crippen molar-refractivity contribution >= 4 is 39.1 Å². The standard InChI is InChI=1S/C14H12BrCl2NO/c1-8-10(3-2-6-18-8)14(19)13(15)11-5-4-9(16)7-12(11)17/h2-7,13-14,19H,1H3. The second-order valence-corrected chi connectivity index (χ2v) is 6.02. The molecule has 2 unspecified atom stereocenters. The van der Waals surface area contributed by atoms with Crippen molar-refractivity contribution in [2.24, 2.45) is 0 Å². The molecular weight excluding hydrogens is 349 g/mol. The summed E-state index contributed by atoms with van der Waals surface area (Å²) in [4.78, 5) is 3.86. The van der Waals surface area contributed by atoms with E-state index in [1.165, 1.54) is 0 Å². The van der Waals surface area contributed by atoms with Gasteiger partial charge in [0.15, 0.2) is 0 Å². The van der Waals surface area contributed by atoms with E-state index in [0.29, 0.717) is 10.0 Å². The highest BCUT2D eigenvalue weighted by Crippen LogP contribution is 2.40. The van der Waals surface area contributed by atoms with E-state index in [9.17, 15) is 5.11 Å². The first kappa shape index (κ1) is 14.8. The maximum absolute atomic E-state index is 10.4. The molecule has 0 bridgehead atoms. The highest BCUT2D eigenvalue weighted by Gasteiger charge is 2.23. The Morgan fingerprint density at radius 3 is 2.58 bits per heavy atom. The van der Waals surface area contributed by atoms with E-state index in [4.69, 9.17) is 23.2 Å². The van der Waals surface area contributed by atoms with Gasteiger partial charge in [0.1, 0.15) is 0 Å². The Kier molecular flexibility index (Phi) is 4.85. The Morgan fingerprint density at radius 1 is 1.21 bits per heavy atom. The lowest BCUT2D eigenvalue weighted by atomic mass is 10.0. The number of nitrogens with zero attached hydrogens (tertiary/aromatic N) is 1. The first-order valence-corrected chi connectivity index (χ1v) is 7.36. The van der Waals surface area contributed by atoms with E-state index < -0.39 is 6.10 Å². The number of pyridine rings is 1. The number of hydrogen-bond donors (Lipinski definition) is 1. The molecule has 100 valence electrons. The van der Waals surface area contributed by atoms with Crippen LogP contribution in [-0.4, -0.2) is 10.1 Å². The van der Waals surface area contributed by atoms with Crippen molar-refractivity contribution in [2.75, 3.05) is 0 Å². The average Bonchev–Trinajstić information content (AvgIpc) is 2.38. The quantitative estimate of drug-likeness (QED) is 0.792. The highest BCUT2D eigenvalue weighted by atomic mass is 79.9. The molecule has 5 heteroatoms. The van der Waals surface area contributed by atoms with Crippen molar-refractivity contribution in [1.29, 1.82) is 0 Å². The molecule has 0 fully saturated rings. The predicted octanol–water partition coefficient (Wildman–Crippen LogP) is 4.87. The molecule has 0 aliphatic rings. The molecule has 0 saturated carbocycles. The van der Waals surface area contributed by atoms with Gasteiger partial charge in [-0.2, -0.15) is 0 Å². The van der Waals surface area contributed by atoms with Crippen LogP contribution in [0.15, 0.2) is 36.5 Å². The zero-order valence-corrected chi connectivity index (χ0v) is 13.2. The maximum atomic E-state index is 10.4. The second-order valence-electron chi connectivity index (χ2n) is 4.19. The SMILES string of the molecule is Cc1ncccc1C(O)C(Br)c1ccc(Cl)cc1Cl. The normalized spacial score (nSPS) is 14.2. The molecule has 0 aliphatic carbocycles. The minimum Gasteiger partial charge on any atom is -0.387 e. The minimum atomic E-state index is -0.729. The largest absolute Gasteiger partial charge is 0.387 e. The van der Waals surface area contributed by atoms with Crippen LogP contribution in [0.3, 0.4) is 0 Å². The Morgan fingerprint density at radius 2 is 1.95 bits per heavy atom. The number of rotatable bonds is 3. The minimum absolute atomic E-state index is 0.319. The summed E-state index contributed by atoms with van der Waals surface area (Å²) >= 11 is 15.5. The zero-order chi connectivity index (χ0) is 14.0. The van der Waals surface area contributed by atoms with Gasteiger partial charge < -0.3 is 5.11 Å². The van der Waals surface area contributed by atoms with Gasteiger partial charge in [-0.1, -0.05) is 51.3 Å². The molecule has 2 nitrogen and oxygen atoms in total. The lowest BCUT2D eigenvalue weighted by Crippen LogP contribution is -2.08. The molecule has 0 amide bonds. The van der Waals surface area contributed by atoms with Crippen LogP contribution in [0.5, 0.6) is 0 Å². The number of aromatic nitrogens is 1. The summed E-state index contributed by atoms with van der Waals surface area (Å²) in [6.45, 7) is 1.86. The summed E-state index contributed by atoms with van der Waals surface area (Å²) in [5, 5.41) is 11.5. The van der Waals surface area contributed by atoms with Gasteiger partial charge in [-0.05, 0) is 30.7 Å². The monoisotopic (exact) mass is 359 g/mol. The molecule has 2 aromatic rings. The van der Waals surface area contributed by atoms with Gasteiger partial charge >= 0.3 is 0 Å². The van der Waals surface area contributed by atoms with Crippen molar-refractivity contribution in [3.8, 4) is 0 Å². The predicted molar refractivity (Wildman–Crippen MR) is 82.1 cm³/mol. The number of aliphatic hydroxyl groups is 1. The van der Waals surface area contributed by atoms with Crippen molar-refractivity contribution in [2.45, 2.75) is 17.9 Å². The number of aliphatic hydroxyl groups excluding tert-OH is 1. The van der Waals surface area contributed by atoms with Gasteiger partial charge in [-0.15, -0.1) is 0 Å². The third kappa shape index (κ3) is 3.29. The first-order chi connectivity index (χ1) is 9.00. The zero-order valence-electron chi connectivity index (χ0n) is 10.1. The molecule has 1 heterocycles. The van der Waals surface area contributed by atoms with Gasteiger partial charge in [0, 0.05) is 27.5 Å². The van der Waals surface area contributed by atoms with Gasteiger partial charge in [0.25, 0.3) is 0 Å². The molecule has 2 rings (SSSR count). The Bertz CT molecular complexity index is 591. The molecule has 0 saturated heterocycles. The summed E-state index contributed by atoms with van der Waals surface area (Å²) in [5.41, 5.74) is 2.36. The van der Waals surface area contributed by atoms with Crippen LogP contribution in [0, 0.1) is 6.92 Å². The fourth-order valence-corrected chi connectivity index (χ4v) is 3.20. The Labute approximate surface area is 130 Å². The number of alkyl halides is 1. The molecule has 19 heavy (non-hydrogen) atoms.